The summed E-state index contributed by atoms with van der Waals surface area (Å²) in [6, 6.07) is 0.368. The van der Waals surface area contributed by atoms with Crippen LogP contribution in [-0.2, 0) is 0 Å². The highest BCUT2D eigenvalue weighted by molar-refractivity contribution is 5.39. The Hall–Kier alpha value is -2.18. The van der Waals surface area contributed by atoms with Crippen molar-refractivity contribution in [2.75, 3.05) is 24.6 Å². The summed E-state index contributed by atoms with van der Waals surface area (Å²) < 4.78 is 7.89. The first-order chi connectivity index (χ1) is 12.0. The van der Waals surface area contributed by atoms with Gasteiger partial charge in [0.2, 0.25) is 5.88 Å². The first-order valence-corrected chi connectivity index (χ1v) is 9.13. The van der Waals surface area contributed by atoms with E-state index in [-0.39, 0.29) is 0 Å². The van der Waals surface area contributed by atoms with Crippen molar-refractivity contribution >= 4 is 5.82 Å². The second-order valence-corrected chi connectivity index (χ2v) is 7.40. The average molecular weight is 344 g/mol. The number of anilines is 1. The summed E-state index contributed by atoms with van der Waals surface area (Å²) in [7, 11) is 0. The van der Waals surface area contributed by atoms with Crippen molar-refractivity contribution < 1.29 is 4.74 Å². The summed E-state index contributed by atoms with van der Waals surface area (Å²) in [4.78, 5) is 11.2. The molecule has 7 nitrogen and oxygen atoms in total. The lowest BCUT2D eigenvalue weighted by molar-refractivity contribution is 0.260. The van der Waals surface area contributed by atoms with Crippen LogP contribution in [0.1, 0.15) is 58.3 Å². The van der Waals surface area contributed by atoms with Gasteiger partial charge in [-0.2, -0.15) is 4.98 Å². The Bertz CT molecular complexity index is 684. The van der Waals surface area contributed by atoms with Crippen molar-refractivity contribution in [2.45, 2.75) is 52.5 Å². The molecule has 2 aromatic rings. The zero-order valence-electron chi connectivity index (χ0n) is 15.6. The number of rotatable bonds is 6. The Kier molecular flexibility index (Phi) is 5.50. The van der Waals surface area contributed by atoms with Crippen LogP contribution in [0, 0.1) is 5.92 Å². The maximum absolute atomic E-state index is 5.72. The van der Waals surface area contributed by atoms with Crippen molar-refractivity contribution in [1.29, 1.82) is 0 Å². The van der Waals surface area contributed by atoms with Crippen LogP contribution in [-0.4, -0.2) is 44.4 Å². The molecule has 7 heteroatoms. The molecule has 0 amide bonds. The Balaban J connectivity index is 1.73. The number of hydrogen-bond acceptors (Lipinski definition) is 6. The molecular weight excluding hydrogens is 316 g/mol. The van der Waals surface area contributed by atoms with Gasteiger partial charge in [-0.3, -0.25) is 4.98 Å². The topological polar surface area (TPSA) is 69.0 Å². The van der Waals surface area contributed by atoms with Crippen molar-refractivity contribution in [1.82, 2.24) is 24.7 Å². The molecule has 1 aliphatic heterocycles. The number of hydrogen-bond donors (Lipinski definition) is 0. The smallest absolute Gasteiger partial charge is 0.234 e. The third-order valence-corrected chi connectivity index (χ3v) is 4.43. The number of ether oxygens (including phenoxy) is 1. The van der Waals surface area contributed by atoms with Gasteiger partial charge in [0.25, 0.3) is 0 Å². The number of nitrogens with zero attached hydrogens (tertiary/aromatic N) is 6. The van der Waals surface area contributed by atoms with E-state index in [1.807, 2.05) is 12.5 Å². The molecule has 25 heavy (non-hydrogen) atoms. The van der Waals surface area contributed by atoms with Crippen molar-refractivity contribution in [3.63, 3.8) is 0 Å². The summed E-state index contributed by atoms with van der Waals surface area (Å²) in [6.07, 6.45) is 7.56. The van der Waals surface area contributed by atoms with E-state index in [1.165, 1.54) is 0 Å². The van der Waals surface area contributed by atoms with Crippen LogP contribution >= 0.6 is 0 Å². The van der Waals surface area contributed by atoms with Gasteiger partial charge in [-0.1, -0.05) is 13.8 Å². The monoisotopic (exact) mass is 344 g/mol. The quantitative estimate of drug-likeness (QED) is 0.802. The minimum atomic E-state index is 0.362. The largest absolute Gasteiger partial charge is 0.476 e. The highest BCUT2D eigenvalue weighted by atomic mass is 16.5. The molecular formula is C18H28N6O. The van der Waals surface area contributed by atoms with Gasteiger partial charge in [0.15, 0.2) is 5.82 Å². The zero-order valence-corrected chi connectivity index (χ0v) is 15.6. The molecule has 1 aliphatic rings. The Morgan fingerprint density at radius 3 is 2.84 bits per heavy atom. The van der Waals surface area contributed by atoms with E-state index in [0.29, 0.717) is 30.4 Å². The van der Waals surface area contributed by atoms with Gasteiger partial charge in [-0.05, 0) is 32.6 Å². The van der Waals surface area contributed by atoms with Crippen LogP contribution in [0.5, 0.6) is 5.88 Å². The third kappa shape index (κ3) is 4.27. The first-order valence-electron chi connectivity index (χ1n) is 9.13. The van der Waals surface area contributed by atoms with E-state index in [2.05, 4.69) is 57.3 Å². The Morgan fingerprint density at radius 1 is 1.24 bits per heavy atom. The number of aromatic nitrogens is 5. The molecule has 0 radical (unpaired) electrons. The lowest BCUT2D eigenvalue weighted by atomic mass is 9.97. The minimum absolute atomic E-state index is 0.362. The van der Waals surface area contributed by atoms with Crippen LogP contribution in [0.4, 0.5) is 5.82 Å². The summed E-state index contributed by atoms with van der Waals surface area (Å²) in [5.41, 5.74) is 0. The summed E-state index contributed by atoms with van der Waals surface area (Å²) >= 11 is 0. The minimum Gasteiger partial charge on any atom is -0.476 e. The Labute approximate surface area is 149 Å². The molecule has 136 valence electrons. The van der Waals surface area contributed by atoms with Gasteiger partial charge < -0.3 is 14.2 Å². The van der Waals surface area contributed by atoms with Gasteiger partial charge in [0, 0.05) is 25.0 Å². The van der Waals surface area contributed by atoms with E-state index in [0.717, 1.165) is 37.6 Å². The third-order valence-electron chi connectivity index (χ3n) is 4.43. The van der Waals surface area contributed by atoms with E-state index in [4.69, 9.17) is 4.74 Å². The predicted octanol–water partition coefficient (Wildman–Crippen LogP) is 3.07. The fourth-order valence-electron chi connectivity index (χ4n) is 3.15. The zero-order chi connectivity index (χ0) is 17.8. The fraction of sp³-hybridized carbons (Fsp3) is 0.667. The molecule has 0 saturated carbocycles. The molecule has 2 aromatic heterocycles. The molecule has 0 bridgehead atoms. The second-order valence-electron chi connectivity index (χ2n) is 7.40. The molecule has 0 N–H and O–H groups in total. The standard InChI is InChI=1S/C18H28N6O/c1-13(2)11-25-17-9-19-8-16(21-17)23-7-5-6-15(10-23)18-22-20-12-24(18)14(3)4/h8-9,12-15H,5-7,10-11H2,1-4H3. The van der Waals surface area contributed by atoms with Gasteiger partial charge >= 0.3 is 0 Å². The highest BCUT2D eigenvalue weighted by Gasteiger charge is 2.27. The summed E-state index contributed by atoms with van der Waals surface area (Å²) in [6.45, 7) is 11.1. The fourth-order valence-corrected chi connectivity index (χ4v) is 3.15. The van der Waals surface area contributed by atoms with Crippen molar-refractivity contribution in [2.24, 2.45) is 5.92 Å². The molecule has 0 aliphatic carbocycles. The molecule has 3 rings (SSSR count). The van der Waals surface area contributed by atoms with Crippen molar-refractivity contribution in [3.8, 4) is 5.88 Å². The van der Waals surface area contributed by atoms with E-state index in [9.17, 15) is 0 Å². The van der Waals surface area contributed by atoms with Gasteiger partial charge in [0.1, 0.15) is 12.2 Å². The van der Waals surface area contributed by atoms with E-state index >= 15 is 0 Å². The van der Waals surface area contributed by atoms with Crippen molar-refractivity contribution in [3.05, 3.63) is 24.5 Å². The maximum Gasteiger partial charge on any atom is 0.234 e. The molecule has 3 heterocycles. The highest BCUT2D eigenvalue weighted by Crippen LogP contribution is 2.29. The van der Waals surface area contributed by atoms with Crippen LogP contribution < -0.4 is 9.64 Å². The van der Waals surface area contributed by atoms with E-state index < -0.39 is 0 Å². The van der Waals surface area contributed by atoms with E-state index in [1.54, 1.807) is 6.20 Å². The SMILES string of the molecule is CC(C)COc1cncc(N2CCCC(c3nncn3C(C)C)C2)n1. The predicted molar refractivity (Wildman–Crippen MR) is 97.0 cm³/mol. The molecule has 0 spiro atoms. The molecule has 1 atom stereocenters. The molecule has 1 fully saturated rings. The van der Waals surface area contributed by atoms with Crippen LogP contribution in [0.15, 0.2) is 18.7 Å². The lowest BCUT2D eigenvalue weighted by Crippen LogP contribution is -2.36. The molecule has 1 saturated heterocycles. The summed E-state index contributed by atoms with van der Waals surface area (Å²) in [5, 5.41) is 8.50. The lowest BCUT2D eigenvalue weighted by Gasteiger charge is -2.33. The summed E-state index contributed by atoms with van der Waals surface area (Å²) in [5.74, 6) is 3.37. The van der Waals surface area contributed by atoms with Crippen LogP contribution in [0.3, 0.4) is 0 Å². The average Bonchev–Trinajstić information content (AvgIpc) is 3.10. The normalized spacial score (nSPS) is 18.2. The molecule has 1 unspecified atom stereocenters. The van der Waals surface area contributed by atoms with Gasteiger partial charge in [-0.25, -0.2) is 0 Å². The van der Waals surface area contributed by atoms with Gasteiger partial charge in [-0.15, -0.1) is 10.2 Å². The van der Waals surface area contributed by atoms with Crippen LogP contribution in [0.2, 0.25) is 0 Å². The Morgan fingerprint density at radius 2 is 2.08 bits per heavy atom. The maximum atomic E-state index is 5.72. The first kappa shape index (κ1) is 17.6. The van der Waals surface area contributed by atoms with Gasteiger partial charge in [0.05, 0.1) is 19.0 Å². The second kappa shape index (κ2) is 7.80. The molecule has 0 aromatic carbocycles. The number of piperidine rings is 1. The van der Waals surface area contributed by atoms with Crippen LogP contribution in [0.25, 0.3) is 0 Å².